The van der Waals surface area contributed by atoms with Crippen LogP contribution in [0.15, 0.2) is 18.2 Å². The molecule has 3 fully saturated rings. The number of carbonyl (C=O) groups excluding carboxylic acids is 3. The quantitative estimate of drug-likeness (QED) is 0.812. The summed E-state index contributed by atoms with van der Waals surface area (Å²) >= 11 is 0. The van der Waals surface area contributed by atoms with Gasteiger partial charge in [0, 0.05) is 23.3 Å². The predicted octanol–water partition coefficient (Wildman–Crippen LogP) is 2.02. The van der Waals surface area contributed by atoms with Crippen molar-refractivity contribution in [3.8, 4) is 0 Å². The molecule has 0 bridgehead atoms. The molecule has 0 saturated carbocycles. The van der Waals surface area contributed by atoms with Crippen LogP contribution in [0.3, 0.4) is 0 Å². The van der Waals surface area contributed by atoms with E-state index in [2.05, 4.69) is 10.2 Å². The van der Waals surface area contributed by atoms with Crippen molar-refractivity contribution in [1.82, 2.24) is 9.80 Å². The summed E-state index contributed by atoms with van der Waals surface area (Å²) in [7, 11) is 0. The maximum atomic E-state index is 13.5. The number of carbonyl (C=O) groups is 3. The molecule has 4 aliphatic heterocycles. The Bertz CT molecular complexity index is 881. The highest BCUT2D eigenvalue weighted by molar-refractivity contribution is 6.15. The molecule has 6 heteroatoms. The van der Waals surface area contributed by atoms with Gasteiger partial charge in [-0.1, -0.05) is 24.6 Å². The summed E-state index contributed by atoms with van der Waals surface area (Å²) in [6.45, 7) is 6.65. The van der Waals surface area contributed by atoms with E-state index in [1.807, 2.05) is 39.0 Å². The number of hydrogen-bond donors (Lipinski definition) is 1. The Morgan fingerprint density at radius 1 is 1.26 bits per heavy atom. The lowest BCUT2D eigenvalue weighted by atomic mass is 9.75. The Labute approximate surface area is 158 Å². The molecular weight excluding hydrogens is 342 g/mol. The van der Waals surface area contributed by atoms with Gasteiger partial charge in [0.15, 0.2) is 0 Å². The minimum Gasteiger partial charge on any atom is -0.324 e. The van der Waals surface area contributed by atoms with Gasteiger partial charge in [0.05, 0.1) is 11.8 Å². The number of nitrogens with zero attached hydrogens (tertiary/aromatic N) is 2. The molecule has 5 atom stereocenters. The maximum absolute atomic E-state index is 13.5. The number of benzene rings is 1. The number of aryl methyl sites for hydroxylation is 1. The van der Waals surface area contributed by atoms with E-state index in [1.165, 1.54) is 4.90 Å². The molecule has 27 heavy (non-hydrogen) atoms. The first-order valence-corrected chi connectivity index (χ1v) is 9.99. The fraction of sp³-hybridized carbons (Fsp3) is 0.571. The molecule has 0 aromatic heterocycles. The van der Waals surface area contributed by atoms with Gasteiger partial charge in [-0.2, -0.15) is 0 Å². The van der Waals surface area contributed by atoms with Crippen molar-refractivity contribution in [3.63, 3.8) is 0 Å². The number of fused-ring (bicyclic) bond motifs is 7. The van der Waals surface area contributed by atoms with Crippen LogP contribution in [0.5, 0.6) is 0 Å². The van der Waals surface area contributed by atoms with E-state index in [9.17, 15) is 14.4 Å². The molecule has 4 heterocycles. The Kier molecular flexibility index (Phi) is 3.39. The minimum atomic E-state index is -1.04. The lowest BCUT2D eigenvalue weighted by molar-refractivity contribution is -0.147. The van der Waals surface area contributed by atoms with Gasteiger partial charge in [-0.15, -0.1) is 0 Å². The van der Waals surface area contributed by atoms with Crippen LogP contribution in [0.4, 0.5) is 5.69 Å². The molecule has 1 spiro atoms. The summed E-state index contributed by atoms with van der Waals surface area (Å²) in [5.74, 6) is -1.42. The highest BCUT2D eigenvalue weighted by Crippen LogP contribution is 2.60. The van der Waals surface area contributed by atoms with E-state index >= 15 is 0 Å². The summed E-state index contributed by atoms with van der Waals surface area (Å²) in [4.78, 5) is 43.9. The van der Waals surface area contributed by atoms with Crippen LogP contribution < -0.4 is 5.32 Å². The van der Waals surface area contributed by atoms with Crippen molar-refractivity contribution in [2.24, 2.45) is 11.8 Å². The van der Waals surface area contributed by atoms with Crippen LogP contribution in [0.1, 0.15) is 44.2 Å². The van der Waals surface area contributed by atoms with Gasteiger partial charge in [-0.25, -0.2) is 0 Å². The summed E-state index contributed by atoms with van der Waals surface area (Å²) in [5, 5.41) is 3.01. The van der Waals surface area contributed by atoms with Crippen molar-refractivity contribution in [2.75, 3.05) is 11.9 Å². The van der Waals surface area contributed by atoms with E-state index in [4.69, 9.17) is 0 Å². The second-order valence-corrected chi connectivity index (χ2v) is 8.48. The number of imide groups is 1. The molecule has 3 saturated heterocycles. The summed E-state index contributed by atoms with van der Waals surface area (Å²) in [6.07, 6.45) is 2.54. The number of hydrogen-bond acceptors (Lipinski definition) is 4. The zero-order chi connectivity index (χ0) is 19.1. The van der Waals surface area contributed by atoms with Gasteiger partial charge in [-0.05, 0) is 45.7 Å². The molecule has 1 aromatic rings. The summed E-state index contributed by atoms with van der Waals surface area (Å²) < 4.78 is 0. The van der Waals surface area contributed by atoms with Gasteiger partial charge in [0.25, 0.3) is 0 Å². The van der Waals surface area contributed by atoms with E-state index in [0.717, 1.165) is 42.6 Å². The largest absolute Gasteiger partial charge is 0.324 e. The first kappa shape index (κ1) is 16.9. The third kappa shape index (κ3) is 1.82. The molecular formula is C21H25N3O3. The topological polar surface area (TPSA) is 69.7 Å². The SMILES string of the molecule is CCC(C)N1C(=O)[C@H]2C3CCCN3C3(C(=O)Nc4ccc(C)cc43)[C@H]2C1=O. The molecule has 1 N–H and O–H groups in total. The van der Waals surface area contributed by atoms with Gasteiger partial charge in [0.2, 0.25) is 17.7 Å². The highest BCUT2D eigenvalue weighted by Gasteiger charge is 2.74. The van der Waals surface area contributed by atoms with Gasteiger partial charge in [0.1, 0.15) is 5.54 Å². The van der Waals surface area contributed by atoms with Crippen LogP contribution in [-0.4, -0.2) is 46.1 Å². The molecule has 3 amide bonds. The first-order valence-electron chi connectivity index (χ1n) is 9.99. The smallest absolute Gasteiger partial charge is 0.250 e. The van der Waals surface area contributed by atoms with E-state index in [-0.39, 0.29) is 29.8 Å². The fourth-order valence-corrected chi connectivity index (χ4v) is 5.96. The molecule has 1 aromatic carbocycles. The number of likely N-dealkylation sites (tertiary alicyclic amines) is 1. The van der Waals surface area contributed by atoms with E-state index in [0.29, 0.717) is 0 Å². The van der Waals surface area contributed by atoms with Crippen molar-refractivity contribution in [1.29, 1.82) is 0 Å². The third-order valence-electron chi connectivity index (χ3n) is 7.21. The van der Waals surface area contributed by atoms with Crippen molar-refractivity contribution >= 4 is 23.4 Å². The van der Waals surface area contributed by atoms with Crippen LogP contribution in [0.2, 0.25) is 0 Å². The third-order valence-corrected chi connectivity index (χ3v) is 7.21. The Hall–Kier alpha value is -2.21. The average molecular weight is 367 g/mol. The number of nitrogens with one attached hydrogen (secondary N) is 1. The second kappa shape index (κ2) is 5.41. The van der Waals surface area contributed by atoms with Crippen molar-refractivity contribution in [3.05, 3.63) is 29.3 Å². The van der Waals surface area contributed by atoms with Gasteiger partial charge < -0.3 is 5.32 Å². The second-order valence-electron chi connectivity index (χ2n) is 8.48. The molecule has 3 unspecified atom stereocenters. The first-order chi connectivity index (χ1) is 12.9. The average Bonchev–Trinajstić information content (AvgIpc) is 3.33. The van der Waals surface area contributed by atoms with Crippen LogP contribution >= 0.6 is 0 Å². The normalized spacial score (nSPS) is 35.6. The monoisotopic (exact) mass is 367 g/mol. The predicted molar refractivity (Wildman–Crippen MR) is 99.8 cm³/mol. The van der Waals surface area contributed by atoms with E-state index in [1.54, 1.807) is 0 Å². The zero-order valence-electron chi connectivity index (χ0n) is 16.0. The Morgan fingerprint density at radius 3 is 2.78 bits per heavy atom. The zero-order valence-corrected chi connectivity index (χ0v) is 16.0. The summed E-state index contributed by atoms with van der Waals surface area (Å²) in [5.41, 5.74) is 1.67. The molecule has 142 valence electrons. The number of amides is 3. The fourth-order valence-electron chi connectivity index (χ4n) is 5.96. The van der Waals surface area contributed by atoms with Crippen molar-refractivity contribution in [2.45, 2.75) is 57.7 Å². The molecule has 4 aliphatic rings. The minimum absolute atomic E-state index is 0.0299. The van der Waals surface area contributed by atoms with E-state index < -0.39 is 17.4 Å². The lowest BCUT2D eigenvalue weighted by Gasteiger charge is -2.37. The molecule has 5 rings (SSSR count). The maximum Gasteiger partial charge on any atom is 0.250 e. The Balaban J connectivity index is 1.74. The van der Waals surface area contributed by atoms with Crippen LogP contribution in [0.25, 0.3) is 0 Å². The standard InChI is InChI=1S/C21H25N3O3/c1-4-12(3)24-18(25)16-15-6-5-9-23(15)21(17(16)19(24)26)13-10-11(2)7-8-14(13)22-20(21)27/h7-8,10,12,15-17H,4-6,9H2,1-3H3,(H,22,27)/t12?,15?,16-,17+,21?/m0/s1. The lowest BCUT2D eigenvalue weighted by Crippen LogP contribution is -2.54. The van der Waals surface area contributed by atoms with Gasteiger partial charge >= 0.3 is 0 Å². The van der Waals surface area contributed by atoms with Crippen LogP contribution in [0, 0.1) is 18.8 Å². The van der Waals surface area contributed by atoms with Crippen LogP contribution in [-0.2, 0) is 19.9 Å². The number of anilines is 1. The van der Waals surface area contributed by atoms with Crippen molar-refractivity contribution < 1.29 is 14.4 Å². The Morgan fingerprint density at radius 2 is 2.04 bits per heavy atom. The highest BCUT2D eigenvalue weighted by atomic mass is 16.2. The molecule has 0 aliphatic carbocycles. The molecule has 6 nitrogen and oxygen atoms in total. The summed E-state index contributed by atoms with van der Waals surface area (Å²) in [6, 6.07) is 5.75. The van der Waals surface area contributed by atoms with Gasteiger partial charge in [-0.3, -0.25) is 24.2 Å². The number of rotatable bonds is 2. The molecule has 0 radical (unpaired) electrons.